The van der Waals surface area contributed by atoms with Gasteiger partial charge in [-0.15, -0.1) is 0 Å². The summed E-state index contributed by atoms with van der Waals surface area (Å²) in [5, 5.41) is 10.7. The molecule has 0 radical (unpaired) electrons. The van der Waals surface area contributed by atoms with Gasteiger partial charge in [0.2, 0.25) is 0 Å². The number of nitro groups is 1. The topological polar surface area (TPSA) is 115 Å². The minimum atomic E-state index is -3.90. The number of sulfonamides is 1. The Kier molecular flexibility index (Phi) is 4.95. The third-order valence-corrected chi connectivity index (χ3v) is 6.23. The van der Waals surface area contributed by atoms with E-state index in [1.807, 2.05) is 0 Å². The molecule has 8 nitrogen and oxygen atoms in total. The van der Waals surface area contributed by atoms with Crippen molar-refractivity contribution in [3.8, 4) is 0 Å². The van der Waals surface area contributed by atoms with Gasteiger partial charge in [-0.2, -0.15) is 4.98 Å². The van der Waals surface area contributed by atoms with Gasteiger partial charge < -0.3 is 4.42 Å². The zero-order valence-electron chi connectivity index (χ0n) is 14.7. The highest BCUT2D eigenvalue weighted by Crippen LogP contribution is 2.31. The van der Waals surface area contributed by atoms with E-state index in [9.17, 15) is 18.5 Å². The van der Waals surface area contributed by atoms with Gasteiger partial charge in [-0.05, 0) is 42.5 Å². The van der Waals surface area contributed by atoms with Gasteiger partial charge in [0.25, 0.3) is 15.7 Å². The number of fused-ring (bicyclic) bond motifs is 1. The number of non-ortho nitro benzene ring substituents is 1. The van der Waals surface area contributed by atoms with Gasteiger partial charge in [0.15, 0.2) is 5.58 Å². The molecular weight excluding hydrogens is 414 g/mol. The maximum absolute atomic E-state index is 12.7. The van der Waals surface area contributed by atoms with Crippen molar-refractivity contribution in [2.75, 3.05) is 4.72 Å². The maximum atomic E-state index is 12.7. The van der Waals surface area contributed by atoms with E-state index in [0.717, 1.165) is 4.90 Å². The van der Waals surface area contributed by atoms with E-state index in [2.05, 4.69) is 9.71 Å². The number of nitro benzene ring substituents is 1. The summed E-state index contributed by atoms with van der Waals surface area (Å²) in [5.41, 5.74) is 1.02. The molecule has 0 atom stereocenters. The maximum Gasteiger partial charge on any atom is 0.309 e. The van der Waals surface area contributed by atoms with Crippen LogP contribution in [-0.4, -0.2) is 18.3 Å². The van der Waals surface area contributed by atoms with Crippen LogP contribution in [0.2, 0.25) is 0 Å². The number of nitrogens with zero attached hydrogens (tertiary/aromatic N) is 2. The van der Waals surface area contributed by atoms with Crippen LogP contribution >= 0.6 is 11.8 Å². The highest BCUT2D eigenvalue weighted by molar-refractivity contribution is 7.99. The van der Waals surface area contributed by atoms with E-state index in [1.165, 1.54) is 36.0 Å². The summed E-state index contributed by atoms with van der Waals surface area (Å²) in [4.78, 5) is 15.9. The van der Waals surface area contributed by atoms with E-state index >= 15 is 0 Å². The summed E-state index contributed by atoms with van der Waals surface area (Å²) in [6.45, 7) is 0. The fourth-order valence-corrected chi connectivity index (χ4v) is 4.49. The first-order valence-corrected chi connectivity index (χ1v) is 10.6. The summed E-state index contributed by atoms with van der Waals surface area (Å²) < 4.78 is 33.2. The van der Waals surface area contributed by atoms with Crippen LogP contribution in [0.25, 0.3) is 11.1 Å². The number of benzene rings is 3. The van der Waals surface area contributed by atoms with Crippen molar-refractivity contribution in [3.05, 3.63) is 82.9 Å². The SMILES string of the molecule is O=[N+]([O-])c1ccc(Sc2cccc(S(=O)(=O)Nc3nc4ccccc4o3)c2)cc1. The average molecular weight is 427 g/mol. The van der Waals surface area contributed by atoms with Crippen LogP contribution < -0.4 is 4.72 Å². The monoisotopic (exact) mass is 427 g/mol. The molecule has 3 aromatic carbocycles. The Labute approximate surface area is 169 Å². The van der Waals surface area contributed by atoms with E-state index in [1.54, 1.807) is 48.5 Å². The molecule has 0 aliphatic rings. The lowest BCUT2D eigenvalue weighted by Gasteiger charge is -2.07. The minimum Gasteiger partial charge on any atom is -0.423 e. The number of para-hydroxylation sites is 2. The molecule has 0 aliphatic carbocycles. The van der Waals surface area contributed by atoms with Crippen molar-refractivity contribution >= 4 is 44.6 Å². The smallest absolute Gasteiger partial charge is 0.309 e. The first kappa shape index (κ1) is 19.0. The molecule has 0 spiro atoms. The van der Waals surface area contributed by atoms with Crippen LogP contribution in [-0.2, 0) is 10.0 Å². The third-order valence-electron chi connectivity index (χ3n) is 3.91. The Bertz CT molecular complexity index is 1270. The molecule has 0 amide bonds. The van der Waals surface area contributed by atoms with Crippen LogP contribution in [0.1, 0.15) is 0 Å². The predicted octanol–water partition coefficient (Wildman–Crippen LogP) is 4.69. The largest absolute Gasteiger partial charge is 0.423 e. The molecule has 0 bridgehead atoms. The van der Waals surface area contributed by atoms with Crippen molar-refractivity contribution in [2.24, 2.45) is 0 Å². The Hall–Kier alpha value is -3.37. The van der Waals surface area contributed by atoms with E-state index in [-0.39, 0.29) is 16.6 Å². The number of rotatable bonds is 6. The standard InChI is InChI=1S/C19H13N3O5S2/c23-22(24)13-8-10-14(11-9-13)28-15-4-3-5-16(12-15)29(25,26)21-19-20-17-6-1-2-7-18(17)27-19/h1-12H,(H,20,21). The molecule has 146 valence electrons. The molecular formula is C19H13N3O5S2. The van der Waals surface area contributed by atoms with E-state index in [0.29, 0.717) is 16.0 Å². The second-order valence-electron chi connectivity index (χ2n) is 5.92. The van der Waals surface area contributed by atoms with Crippen LogP contribution in [0.15, 0.2) is 91.9 Å². The Morgan fingerprint density at radius 1 is 0.966 bits per heavy atom. The lowest BCUT2D eigenvalue weighted by molar-refractivity contribution is -0.384. The molecule has 0 saturated carbocycles. The second-order valence-corrected chi connectivity index (χ2v) is 8.75. The molecule has 1 aromatic heterocycles. The lowest BCUT2D eigenvalue weighted by Crippen LogP contribution is -2.13. The lowest BCUT2D eigenvalue weighted by atomic mass is 10.3. The highest BCUT2D eigenvalue weighted by atomic mass is 32.2. The average Bonchev–Trinajstić information content (AvgIpc) is 3.10. The van der Waals surface area contributed by atoms with E-state index < -0.39 is 14.9 Å². The summed E-state index contributed by atoms with van der Waals surface area (Å²) in [5.74, 6) is 0. The van der Waals surface area contributed by atoms with Gasteiger partial charge in [0.05, 0.1) is 9.82 Å². The van der Waals surface area contributed by atoms with Crippen molar-refractivity contribution in [2.45, 2.75) is 14.7 Å². The van der Waals surface area contributed by atoms with Gasteiger partial charge in [0.1, 0.15) is 5.52 Å². The van der Waals surface area contributed by atoms with Gasteiger partial charge in [0, 0.05) is 21.9 Å². The van der Waals surface area contributed by atoms with Gasteiger partial charge >= 0.3 is 6.01 Å². The molecule has 0 saturated heterocycles. The third kappa shape index (κ3) is 4.23. The quantitative estimate of drug-likeness (QED) is 0.351. The Balaban J connectivity index is 1.55. The predicted molar refractivity (Wildman–Crippen MR) is 108 cm³/mol. The molecule has 29 heavy (non-hydrogen) atoms. The second kappa shape index (κ2) is 7.57. The zero-order valence-corrected chi connectivity index (χ0v) is 16.3. The molecule has 1 heterocycles. The van der Waals surface area contributed by atoms with Crippen LogP contribution in [0.3, 0.4) is 0 Å². The van der Waals surface area contributed by atoms with E-state index in [4.69, 9.17) is 4.42 Å². The van der Waals surface area contributed by atoms with Crippen LogP contribution in [0.5, 0.6) is 0 Å². The first-order chi connectivity index (χ1) is 13.9. The van der Waals surface area contributed by atoms with Crippen molar-refractivity contribution in [1.29, 1.82) is 0 Å². The molecule has 10 heteroatoms. The molecule has 0 unspecified atom stereocenters. The van der Waals surface area contributed by atoms with Crippen molar-refractivity contribution < 1.29 is 17.8 Å². The van der Waals surface area contributed by atoms with Crippen LogP contribution in [0.4, 0.5) is 11.7 Å². The van der Waals surface area contributed by atoms with Gasteiger partial charge in [-0.1, -0.05) is 30.0 Å². The Morgan fingerprint density at radius 3 is 2.45 bits per heavy atom. The number of nitrogens with one attached hydrogen (secondary N) is 1. The van der Waals surface area contributed by atoms with Crippen molar-refractivity contribution in [1.82, 2.24) is 4.98 Å². The summed E-state index contributed by atoms with van der Waals surface area (Å²) in [6, 6.07) is 19.2. The van der Waals surface area contributed by atoms with Gasteiger partial charge in [-0.25, -0.2) is 13.1 Å². The number of hydrogen-bond donors (Lipinski definition) is 1. The fourth-order valence-electron chi connectivity index (χ4n) is 2.57. The summed E-state index contributed by atoms with van der Waals surface area (Å²) in [7, 11) is -3.90. The van der Waals surface area contributed by atoms with Crippen molar-refractivity contribution in [3.63, 3.8) is 0 Å². The normalized spacial score (nSPS) is 11.4. The number of oxazole rings is 1. The highest BCUT2D eigenvalue weighted by Gasteiger charge is 2.18. The number of aromatic nitrogens is 1. The number of anilines is 1. The summed E-state index contributed by atoms with van der Waals surface area (Å²) >= 11 is 1.29. The zero-order chi connectivity index (χ0) is 20.4. The fraction of sp³-hybridized carbons (Fsp3) is 0. The molecule has 4 rings (SSSR count). The first-order valence-electron chi connectivity index (χ1n) is 8.31. The molecule has 0 fully saturated rings. The minimum absolute atomic E-state index is 0.00628. The Morgan fingerprint density at radius 2 is 1.72 bits per heavy atom. The van der Waals surface area contributed by atoms with Crippen LogP contribution in [0, 0.1) is 10.1 Å². The molecule has 1 N–H and O–H groups in total. The summed E-state index contributed by atoms with van der Waals surface area (Å²) in [6.07, 6.45) is 0. The molecule has 0 aliphatic heterocycles. The molecule has 4 aromatic rings. The number of hydrogen-bond acceptors (Lipinski definition) is 7. The van der Waals surface area contributed by atoms with Gasteiger partial charge in [-0.3, -0.25) is 10.1 Å².